The van der Waals surface area contributed by atoms with Crippen LogP contribution in [0.15, 0.2) is 17.2 Å². The molecule has 0 aliphatic carbocycles. The van der Waals surface area contributed by atoms with Crippen LogP contribution in [-0.2, 0) is 17.5 Å². The highest BCUT2D eigenvalue weighted by atomic mass is 19.4. The number of piperidine rings is 1. The highest BCUT2D eigenvalue weighted by molar-refractivity contribution is 5.03. The molecule has 2 saturated heterocycles. The number of nitrogens with zero attached hydrogens (tertiary/aromatic N) is 3. The number of ether oxygens (including phenoxy) is 1. The fraction of sp³-hybridized carbons (Fsp3) is 0.765. The maximum absolute atomic E-state index is 12.6. The van der Waals surface area contributed by atoms with Crippen LogP contribution in [0.2, 0.25) is 0 Å². The van der Waals surface area contributed by atoms with E-state index in [0.29, 0.717) is 45.2 Å². The number of β-amino-alcohol motifs (C(OH)–C–C–N with tert-alkyl or cyclic N) is 1. The van der Waals surface area contributed by atoms with Crippen molar-refractivity contribution in [2.45, 2.75) is 44.0 Å². The minimum Gasteiger partial charge on any atom is -0.388 e. The van der Waals surface area contributed by atoms with Gasteiger partial charge in [-0.15, -0.1) is 0 Å². The highest BCUT2D eigenvalue weighted by Crippen LogP contribution is 2.27. The predicted molar refractivity (Wildman–Crippen MR) is 87.7 cm³/mol. The van der Waals surface area contributed by atoms with Crippen molar-refractivity contribution in [3.63, 3.8) is 0 Å². The van der Waals surface area contributed by atoms with Crippen molar-refractivity contribution >= 4 is 0 Å². The van der Waals surface area contributed by atoms with Crippen molar-refractivity contribution in [1.82, 2.24) is 14.5 Å². The van der Waals surface area contributed by atoms with Crippen molar-refractivity contribution in [1.29, 1.82) is 0 Å². The van der Waals surface area contributed by atoms with Crippen molar-refractivity contribution in [2.24, 2.45) is 5.92 Å². The molecule has 2 fully saturated rings. The zero-order chi connectivity index (χ0) is 18.8. The summed E-state index contributed by atoms with van der Waals surface area (Å²) in [5.41, 5.74) is -2.52. The van der Waals surface area contributed by atoms with E-state index in [9.17, 15) is 23.1 Å². The molecular weight excluding hydrogens is 351 g/mol. The van der Waals surface area contributed by atoms with E-state index in [1.807, 2.05) is 0 Å². The van der Waals surface area contributed by atoms with Crippen LogP contribution in [0, 0.1) is 5.92 Å². The second-order valence-corrected chi connectivity index (χ2v) is 7.32. The Balaban J connectivity index is 1.52. The summed E-state index contributed by atoms with van der Waals surface area (Å²) >= 11 is 0. The Morgan fingerprint density at radius 1 is 1.27 bits per heavy atom. The lowest BCUT2D eigenvalue weighted by Crippen LogP contribution is -2.49. The summed E-state index contributed by atoms with van der Waals surface area (Å²) in [7, 11) is 0. The summed E-state index contributed by atoms with van der Waals surface area (Å²) < 4.78 is 44.3. The summed E-state index contributed by atoms with van der Waals surface area (Å²) in [6.45, 7) is 3.75. The summed E-state index contributed by atoms with van der Waals surface area (Å²) in [5.74, 6) is 0.215. The van der Waals surface area contributed by atoms with Crippen LogP contribution >= 0.6 is 0 Å². The van der Waals surface area contributed by atoms with E-state index in [-0.39, 0.29) is 5.92 Å². The van der Waals surface area contributed by atoms with Gasteiger partial charge in [-0.1, -0.05) is 0 Å². The van der Waals surface area contributed by atoms with Crippen molar-refractivity contribution < 1.29 is 23.0 Å². The molecule has 0 amide bonds. The minimum atomic E-state index is -4.60. The molecule has 26 heavy (non-hydrogen) atoms. The Bertz CT molecular complexity index is 663. The van der Waals surface area contributed by atoms with Gasteiger partial charge in [0.1, 0.15) is 0 Å². The number of halogens is 3. The third kappa shape index (κ3) is 4.83. The van der Waals surface area contributed by atoms with Gasteiger partial charge >= 0.3 is 6.18 Å². The van der Waals surface area contributed by atoms with E-state index < -0.39 is 23.0 Å². The van der Waals surface area contributed by atoms with Gasteiger partial charge in [-0.2, -0.15) is 13.2 Å². The molecule has 1 aromatic rings. The molecule has 0 aromatic carbocycles. The molecule has 1 N–H and O–H groups in total. The van der Waals surface area contributed by atoms with Crippen molar-refractivity contribution in [3.05, 3.63) is 28.4 Å². The van der Waals surface area contributed by atoms with Crippen LogP contribution in [-0.4, -0.2) is 58.0 Å². The van der Waals surface area contributed by atoms with E-state index in [4.69, 9.17) is 4.74 Å². The average Bonchev–Trinajstić information content (AvgIpc) is 2.58. The van der Waals surface area contributed by atoms with Gasteiger partial charge in [-0.05, 0) is 31.8 Å². The molecular formula is C17H24F3N3O3. The first-order chi connectivity index (χ1) is 12.3. The number of hydrogen-bond donors (Lipinski definition) is 1. The largest absolute Gasteiger partial charge is 0.433 e. The Morgan fingerprint density at radius 2 is 1.92 bits per heavy atom. The summed E-state index contributed by atoms with van der Waals surface area (Å²) in [4.78, 5) is 17.5. The molecule has 0 unspecified atom stereocenters. The first kappa shape index (κ1) is 19.3. The summed E-state index contributed by atoms with van der Waals surface area (Å²) in [6, 6.07) is 0.551. The second-order valence-electron chi connectivity index (χ2n) is 7.32. The van der Waals surface area contributed by atoms with Gasteiger partial charge in [0.05, 0.1) is 11.9 Å². The topological polar surface area (TPSA) is 67.6 Å². The standard InChI is InChI=1S/C17H24F3N3O3/c18-17(19,20)14-9-15(24)23(12-21-14)10-13-1-5-22(6-2-13)11-16(25)3-7-26-8-4-16/h9,12-13,25H,1-8,10-11H2. The third-order valence-corrected chi connectivity index (χ3v) is 5.27. The Morgan fingerprint density at radius 3 is 2.50 bits per heavy atom. The molecule has 9 heteroatoms. The molecule has 0 saturated carbocycles. The number of alkyl halides is 3. The monoisotopic (exact) mass is 375 g/mol. The van der Waals surface area contributed by atoms with Gasteiger partial charge < -0.3 is 14.7 Å². The molecule has 1 aromatic heterocycles. The molecule has 2 aliphatic rings. The molecule has 0 radical (unpaired) electrons. The molecule has 6 nitrogen and oxygen atoms in total. The lowest BCUT2D eigenvalue weighted by molar-refractivity contribution is -0.141. The molecule has 3 heterocycles. The second kappa shape index (κ2) is 7.66. The molecule has 3 rings (SSSR count). The van der Waals surface area contributed by atoms with Crippen LogP contribution in [0.3, 0.4) is 0 Å². The van der Waals surface area contributed by atoms with Gasteiger partial charge in [0.15, 0.2) is 5.69 Å². The van der Waals surface area contributed by atoms with Crippen molar-refractivity contribution in [2.75, 3.05) is 32.8 Å². The van der Waals surface area contributed by atoms with Crippen molar-refractivity contribution in [3.8, 4) is 0 Å². The van der Waals surface area contributed by atoms with Gasteiger partial charge in [-0.3, -0.25) is 9.36 Å². The highest BCUT2D eigenvalue weighted by Gasteiger charge is 2.34. The average molecular weight is 375 g/mol. The van der Waals surface area contributed by atoms with E-state index in [1.165, 1.54) is 4.57 Å². The van der Waals surface area contributed by atoms with Crippen LogP contribution in [0.5, 0.6) is 0 Å². The first-order valence-electron chi connectivity index (χ1n) is 8.91. The fourth-order valence-corrected chi connectivity index (χ4v) is 3.65. The SMILES string of the molecule is O=c1cc(C(F)(F)F)ncn1CC1CCN(CC2(O)CCOCC2)CC1. The number of likely N-dealkylation sites (tertiary alicyclic amines) is 1. The molecule has 0 spiro atoms. The van der Waals surface area contributed by atoms with Crippen LogP contribution < -0.4 is 5.56 Å². The predicted octanol–water partition coefficient (Wildman–Crippen LogP) is 1.52. The van der Waals surface area contributed by atoms with Gasteiger partial charge in [0, 0.05) is 45.2 Å². The van der Waals surface area contributed by atoms with Crippen LogP contribution in [0.25, 0.3) is 0 Å². The van der Waals surface area contributed by atoms with Gasteiger partial charge in [-0.25, -0.2) is 4.98 Å². The van der Waals surface area contributed by atoms with Crippen LogP contribution in [0.4, 0.5) is 13.2 Å². The smallest absolute Gasteiger partial charge is 0.388 e. The van der Waals surface area contributed by atoms with E-state index in [2.05, 4.69) is 9.88 Å². The summed E-state index contributed by atoms with van der Waals surface area (Å²) in [6.07, 6.45) is -0.671. The van der Waals surface area contributed by atoms with E-state index in [1.54, 1.807) is 0 Å². The van der Waals surface area contributed by atoms with E-state index in [0.717, 1.165) is 32.3 Å². The Labute approximate surface area is 149 Å². The number of hydrogen-bond acceptors (Lipinski definition) is 5. The fourth-order valence-electron chi connectivity index (χ4n) is 3.65. The molecule has 0 bridgehead atoms. The lowest BCUT2D eigenvalue weighted by Gasteiger charge is -2.39. The normalized spacial score (nSPS) is 22.5. The maximum atomic E-state index is 12.6. The minimum absolute atomic E-state index is 0.215. The lowest BCUT2D eigenvalue weighted by atomic mass is 9.91. The number of rotatable bonds is 4. The van der Waals surface area contributed by atoms with E-state index >= 15 is 0 Å². The van der Waals surface area contributed by atoms with Crippen LogP contribution in [0.1, 0.15) is 31.4 Å². The molecule has 2 aliphatic heterocycles. The number of aromatic nitrogens is 2. The number of aliphatic hydroxyl groups is 1. The molecule has 0 atom stereocenters. The molecule has 146 valence electrons. The Kier molecular flexibility index (Phi) is 5.69. The van der Waals surface area contributed by atoms with Gasteiger partial charge in [0.2, 0.25) is 0 Å². The Hall–Kier alpha value is -1.45. The third-order valence-electron chi connectivity index (χ3n) is 5.27. The zero-order valence-electron chi connectivity index (χ0n) is 14.5. The quantitative estimate of drug-likeness (QED) is 0.864. The summed E-state index contributed by atoms with van der Waals surface area (Å²) in [5, 5.41) is 10.6. The van der Waals surface area contributed by atoms with Gasteiger partial charge in [0.25, 0.3) is 5.56 Å². The maximum Gasteiger partial charge on any atom is 0.433 e. The first-order valence-corrected chi connectivity index (χ1v) is 8.91. The zero-order valence-corrected chi connectivity index (χ0v) is 14.5.